The fourth-order valence-corrected chi connectivity index (χ4v) is 1.74. The Bertz CT molecular complexity index is 657. The standard InChI is InChI=1S/C16H17N3O3/c1-22-15-8-7-12(9-14(15)20)10-18-19-16(21)11-17-13-5-3-2-4-6-13/h2-10,17,20H,11H2,1H3,(H,19,21)/b18-10+. The van der Waals surface area contributed by atoms with Crippen molar-refractivity contribution in [2.24, 2.45) is 5.10 Å². The molecule has 0 atom stereocenters. The first-order valence-corrected chi connectivity index (χ1v) is 6.67. The molecule has 1 amide bonds. The van der Waals surface area contributed by atoms with E-state index in [0.29, 0.717) is 11.3 Å². The lowest BCUT2D eigenvalue weighted by atomic mass is 10.2. The van der Waals surface area contributed by atoms with E-state index in [9.17, 15) is 9.90 Å². The van der Waals surface area contributed by atoms with Crippen molar-refractivity contribution in [2.75, 3.05) is 19.0 Å². The number of phenolic OH excluding ortho intramolecular Hbond substituents is 1. The average Bonchev–Trinajstić information content (AvgIpc) is 2.54. The van der Waals surface area contributed by atoms with E-state index in [1.165, 1.54) is 19.4 Å². The molecule has 0 saturated carbocycles. The number of benzene rings is 2. The summed E-state index contributed by atoms with van der Waals surface area (Å²) in [6, 6.07) is 14.2. The van der Waals surface area contributed by atoms with Crippen molar-refractivity contribution >= 4 is 17.8 Å². The number of amides is 1. The molecule has 0 radical (unpaired) electrons. The van der Waals surface area contributed by atoms with E-state index in [2.05, 4.69) is 15.8 Å². The molecular weight excluding hydrogens is 282 g/mol. The molecule has 0 spiro atoms. The number of anilines is 1. The molecule has 3 N–H and O–H groups in total. The summed E-state index contributed by atoms with van der Waals surface area (Å²) in [5.74, 6) is 0.134. The van der Waals surface area contributed by atoms with E-state index < -0.39 is 0 Å². The smallest absolute Gasteiger partial charge is 0.259 e. The number of methoxy groups -OCH3 is 1. The summed E-state index contributed by atoms with van der Waals surface area (Å²) >= 11 is 0. The number of carbonyl (C=O) groups excluding carboxylic acids is 1. The van der Waals surface area contributed by atoms with E-state index in [1.54, 1.807) is 12.1 Å². The average molecular weight is 299 g/mol. The molecule has 0 bridgehead atoms. The van der Waals surface area contributed by atoms with Crippen LogP contribution in [-0.2, 0) is 4.79 Å². The molecule has 0 heterocycles. The molecule has 2 aromatic rings. The second kappa shape index (κ2) is 7.68. The number of hydrogen-bond donors (Lipinski definition) is 3. The molecule has 0 aliphatic rings. The number of carbonyl (C=O) groups is 1. The van der Waals surface area contributed by atoms with Crippen LogP contribution >= 0.6 is 0 Å². The Morgan fingerprint density at radius 2 is 2.05 bits per heavy atom. The van der Waals surface area contributed by atoms with Gasteiger partial charge in [-0.15, -0.1) is 0 Å². The number of nitrogens with zero attached hydrogens (tertiary/aromatic N) is 1. The van der Waals surface area contributed by atoms with Crippen LogP contribution in [0.15, 0.2) is 53.6 Å². The van der Waals surface area contributed by atoms with E-state index in [0.717, 1.165) is 5.69 Å². The van der Waals surface area contributed by atoms with E-state index in [4.69, 9.17) is 4.74 Å². The fraction of sp³-hybridized carbons (Fsp3) is 0.125. The van der Waals surface area contributed by atoms with Gasteiger partial charge in [-0.05, 0) is 35.9 Å². The van der Waals surface area contributed by atoms with Gasteiger partial charge < -0.3 is 15.2 Å². The van der Waals surface area contributed by atoms with Crippen molar-refractivity contribution in [3.8, 4) is 11.5 Å². The predicted molar refractivity (Wildman–Crippen MR) is 85.3 cm³/mol. The van der Waals surface area contributed by atoms with Crippen LogP contribution in [0.2, 0.25) is 0 Å². The van der Waals surface area contributed by atoms with E-state index in [-0.39, 0.29) is 18.2 Å². The summed E-state index contributed by atoms with van der Waals surface area (Å²) < 4.78 is 4.94. The minimum Gasteiger partial charge on any atom is -0.504 e. The van der Waals surface area contributed by atoms with Gasteiger partial charge in [0, 0.05) is 5.69 Å². The molecule has 0 saturated heterocycles. The van der Waals surface area contributed by atoms with Gasteiger partial charge in [0.05, 0.1) is 19.9 Å². The number of hydrazone groups is 1. The van der Waals surface area contributed by atoms with Crippen molar-refractivity contribution in [1.82, 2.24) is 5.43 Å². The van der Waals surface area contributed by atoms with Gasteiger partial charge in [-0.3, -0.25) is 4.79 Å². The lowest BCUT2D eigenvalue weighted by molar-refractivity contribution is -0.119. The second-order valence-corrected chi connectivity index (χ2v) is 4.44. The minimum atomic E-state index is -0.266. The first kappa shape index (κ1) is 15.4. The number of phenols is 1. The van der Waals surface area contributed by atoms with Gasteiger partial charge in [-0.2, -0.15) is 5.10 Å². The molecule has 22 heavy (non-hydrogen) atoms. The third-order valence-electron chi connectivity index (χ3n) is 2.83. The van der Waals surface area contributed by atoms with Crippen LogP contribution in [0, 0.1) is 0 Å². The normalized spacial score (nSPS) is 10.4. The topological polar surface area (TPSA) is 83.0 Å². The van der Waals surface area contributed by atoms with Crippen LogP contribution < -0.4 is 15.5 Å². The number of para-hydroxylation sites is 1. The van der Waals surface area contributed by atoms with Crippen LogP contribution in [0.1, 0.15) is 5.56 Å². The molecule has 2 rings (SSSR count). The van der Waals surface area contributed by atoms with Crippen molar-refractivity contribution in [1.29, 1.82) is 0 Å². The lowest BCUT2D eigenvalue weighted by Gasteiger charge is -2.05. The summed E-state index contributed by atoms with van der Waals surface area (Å²) in [6.07, 6.45) is 1.44. The van der Waals surface area contributed by atoms with Gasteiger partial charge >= 0.3 is 0 Å². The van der Waals surface area contributed by atoms with Crippen LogP contribution in [0.3, 0.4) is 0 Å². The zero-order valence-corrected chi connectivity index (χ0v) is 12.1. The Morgan fingerprint density at radius 3 is 2.73 bits per heavy atom. The predicted octanol–water partition coefficient (Wildman–Crippen LogP) is 1.96. The fourth-order valence-electron chi connectivity index (χ4n) is 1.74. The maximum Gasteiger partial charge on any atom is 0.259 e. The number of hydrogen-bond acceptors (Lipinski definition) is 5. The van der Waals surface area contributed by atoms with Crippen molar-refractivity contribution in [3.63, 3.8) is 0 Å². The first-order valence-electron chi connectivity index (χ1n) is 6.67. The van der Waals surface area contributed by atoms with Crippen LogP contribution in [0.4, 0.5) is 5.69 Å². The number of aromatic hydroxyl groups is 1. The van der Waals surface area contributed by atoms with Crippen molar-refractivity contribution < 1.29 is 14.6 Å². The van der Waals surface area contributed by atoms with Gasteiger partial charge in [-0.25, -0.2) is 5.43 Å². The second-order valence-electron chi connectivity index (χ2n) is 4.44. The zero-order valence-electron chi connectivity index (χ0n) is 12.1. The van der Waals surface area contributed by atoms with Gasteiger partial charge in [-0.1, -0.05) is 18.2 Å². The summed E-state index contributed by atoms with van der Waals surface area (Å²) in [4.78, 5) is 11.6. The molecule has 114 valence electrons. The van der Waals surface area contributed by atoms with Crippen LogP contribution in [0.5, 0.6) is 11.5 Å². The Labute approximate surface area is 128 Å². The monoisotopic (exact) mass is 299 g/mol. The summed E-state index contributed by atoms with van der Waals surface area (Å²) in [5, 5.41) is 16.4. The van der Waals surface area contributed by atoms with E-state index in [1.807, 2.05) is 30.3 Å². The summed E-state index contributed by atoms with van der Waals surface area (Å²) in [6.45, 7) is 0.120. The first-order chi connectivity index (χ1) is 10.7. The highest BCUT2D eigenvalue weighted by Gasteiger charge is 2.01. The Morgan fingerprint density at radius 1 is 1.27 bits per heavy atom. The maximum atomic E-state index is 11.6. The quantitative estimate of drug-likeness (QED) is 0.562. The van der Waals surface area contributed by atoms with Crippen molar-refractivity contribution in [2.45, 2.75) is 0 Å². The number of rotatable bonds is 6. The molecule has 6 heteroatoms. The molecule has 0 aliphatic carbocycles. The lowest BCUT2D eigenvalue weighted by Crippen LogP contribution is -2.25. The maximum absolute atomic E-state index is 11.6. The summed E-state index contributed by atoms with van der Waals surface area (Å²) in [5.41, 5.74) is 3.92. The third kappa shape index (κ3) is 4.52. The molecule has 0 aromatic heterocycles. The molecule has 0 unspecified atom stereocenters. The Kier molecular flexibility index (Phi) is 5.37. The molecular formula is C16H17N3O3. The van der Waals surface area contributed by atoms with Gasteiger partial charge in [0.2, 0.25) is 0 Å². The zero-order chi connectivity index (χ0) is 15.8. The third-order valence-corrected chi connectivity index (χ3v) is 2.83. The Balaban J connectivity index is 1.81. The molecule has 0 fully saturated rings. The highest BCUT2D eigenvalue weighted by molar-refractivity contribution is 5.84. The number of nitrogens with one attached hydrogen (secondary N) is 2. The van der Waals surface area contributed by atoms with E-state index >= 15 is 0 Å². The molecule has 2 aromatic carbocycles. The summed E-state index contributed by atoms with van der Waals surface area (Å²) in [7, 11) is 1.47. The number of ether oxygens (including phenoxy) is 1. The van der Waals surface area contributed by atoms with Crippen LogP contribution in [-0.4, -0.2) is 30.9 Å². The van der Waals surface area contributed by atoms with Gasteiger partial charge in [0.15, 0.2) is 11.5 Å². The molecule has 6 nitrogen and oxygen atoms in total. The van der Waals surface area contributed by atoms with Gasteiger partial charge in [0.25, 0.3) is 5.91 Å². The highest BCUT2D eigenvalue weighted by Crippen LogP contribution is 2.25. The highest BCUT2D eigenvalue weighted by atomic mass is 16.5. The Hall–Kier alpha value is -3.02. The van der Waals surface area contributed by atoms with Crippen molar-refractivity contribution in [3.05, 3.63) is 54.1 Å². The van der Waals surface area contributed by atoms with Crippen LogP contribution in [0.25, 0.3) is 0 Å². The molecule has 0 aliphatic heterocycles. The SMILES string of the molecule is COc1ccc(/C=N/NC(=O)CNc2ccccc2)cc1O. The van der Waals surface area contributed by atoms with Gasteiger partial charge in [0.1, 0.15) is 0 Å². The minimum absolute atomic E-state index is 0.0171. The largest absolute Gasteiger partial charge is 0.504 e.